The Balaban J connectivity index is 1.41. The van der Waals surface area contributed by atoms with Crippen LogP contribution in [0.4, 0.5) is 10.5 Å². The summed E-state index contributed by atoms with van der Waals surface area (Å²) in [6, 6.07) is 11.4. The van der Waals surface area contributed by atoms with E-state index in [1.54, 1.807) is 17.0 Å². The van der Waals surface area contributed by atoms with Gasteiger partial charge in [-0.15, -0.1) is 0 Å². The Morgan fingerprint density at radius 1 is 0.969 bits per heavy atom. The van der Waals surface area contributed by atoms with Gasteiger partial charge in [0, 0.05) is 49.4 Å². The third-order valence-corrected chi connectivity index (χ3v) is 6.54. The fourth-order valence-corrected chi connectivity index (χ4v) is 4.67. The summed E-state index contributed by atoms with van der Waals surface area (Å²) in [6.07, 6.45) is 3.86. The van der Waals surface area contributed by atoms with Crippen LogP contribution in [0.3, 0.4) is 0 Å². The van der Waals surface area contributed by atoms with E-state index in [1.807, 2.05) is 36.1 Å². The topological polar surface area (TPSA) is 69.7 Å². The maximum atomic E-state index is 13.1. The van der Waals surface area contributed by atoms with Gasteiger partial charge in [0.15, 0.2) is 5.78 Å². The Bertz CT molecular complexity index is 1050. The highest BCUT2D eigenvalue weighted by Crippen LogP contribution is 2.24. The number of carbonyl (C=O) groups excluding carboxylic acids is 3. The number of hydrogen-bond acceptors (Lipinski definition) is 3. The van der Waals surface area contributed by atoms with Crippen LogP contribution in [0.25, 0.3) is 0 Å². The van der Waals surface area contributed by atoms with Gasteiger partial charge in [0.1, 0.15) is 0 Å². The largest absolute Gasteiger partial charge is 0.337 e. The lowest BCUT2D eigenvalue weighted by atomic mass is 9.89. The summed E-state index contributed by atoms with van der Waals surface area (Å²) >= 11 is 0. The van der Waals surface area contributed by atoms with Crippen molar-refractivity contribution in [2.75, 3.05) is 31.5 Å². The minimum Gasteiger partial charge on any atom is -0.337 e. The molecule has 1 fully saturated rings. The molecule has 4 rings (SSSR count). The predicted molar refractivity (Wildman–Crippen MR) is 125 cm³/mol. The van der Waals surface area contributed by atoms with Crippen molar-refractivity contribution in [3.63, 3.8) is 0 Å². The Hall–Kier alpha value is -3.15. The van der Waals surface area contributed by atoms with Crippen LogP contribution in [0, 0.1) is 6.92 Å². The van der Waals surface area contributed by atoms with E-state index in [9.17, 15) is 14.4 Å². The number of Topliss-reactive ketones (excluding diaryl/α,β-unsaturated/α-hetero) is 1. The quantitative estimate of drug-likeness (QED) is 0.777. The first-order valence-corrected chi connectivity index (χ1v) is 11.6. The van der Waals surface area contributed by atoms with Gasteiger partial charge in [-0.2, -0.15) is 0 Å². The summed E-state index contributed by atoms with van der Waals surface area (Å²) in [7, 11) is 0. The second kappa shape index (κ2) is 9.55. The molecule has 2 aliphatic rings. The monoisotopic (exact) mass is 433 g/mol. The molecule has 1 N–H and O–H groups in total. The number of ketones is 1. The molecule has 0 saturated carbocycles. The van der Waals surface area contributed by atoms with E-state index in [0.29, 0.717) is 38.2 Å². The number of para-hydroxylation sites is 1. The van der Waals surface area contributed by atoms with Crippen molar-refractivity contribution in [1.82, 2.24) is 9.80 Å². The van der Waals surface area contributed by atoms with E-state index in [-0.39, 0.29) is 17.7 Å². The molecular weight excluding hydrogens is 402 g/mol. The number of urea groups is 1. The molecule has 0 atom stereocenters. The molecule has 0 aromatic heterocycles. The number of nitrogens with zero attached hydrogens (tertiary/aromatic N) is 2. The third-order valence-electron chi connectivity index (χ3n) is 6.54. The molecule has 2 aromatic rings. The summed E-state index contributed by atoms with van der Waals surface area (Å²) in [6.45, 7) is 6.30. The summed E-state index contributed by atoms with van der Waals surface area (Å²) < 4.78 is 0. The summed E-state index contributed by atoms with van der Waals surface area (Å²) in [5.41, 5.74) is 5.43. The lowest BCUT2D eigenvalue weighted by Gasteiger charge is -2.24. The zero-order valence-electron chi connectivity index (χ0n) is 18.9. The molecule has 0 radical (unpaired) electrons. The molecule has 168 valence electrons. The first-order chi connectivity index (χ1) is 15.5. The number of anilines is 1. The van der Waals surface area contributed by atoms with Crippen LogP contribution in [0.2, 0.25) is 0 Å². The number of benzene rings is 2. The minimum atomic E-state index is -0.115. The van der Waals surface area contributed by atoms with Crippen molar-refractivity contribution in [2.24, 2.45) is 0 Å². The van der Waals surface area contributed by atoms with Gasteiger partial charge in [0.05, 0.1) is 0 Å². The molecule has 2 aromatic carbocycles. The molecule has 0 unspecified atom stereocenters. The van der Waals surface area contributed by atoms with Crippen molar-refractivity contribution in [3.05, 3.63) is 64.2 Å². The van der Waals surface area contributed by atoms with Crippen LogP contribution in [-0.2, 0) is 12.8 Å². The molecule has 32 heavy (non-hydrogen) atoms. The van der Waals surface area contributed by atoms with Gasteiger partial charge in [0.25, 0.3) is 5.91 Å². The van der Waals surface area contributed by atoms with Crippen molar-refractivity contribution >= 4 is 23.4 Å². The smallest absolute Gasteiger partial charge is 0.321 e. The van der Waals surface area contributed by atoms with Crippen LogP contribution in [-0.4, -0.2) is 53.7 Å². The number of amides is 3. The Morgan fingerprint density at radius 3 is 2.56 bits per heavy atom. The highest BCUT2D eigenvalue weighted by molar-refractivity contribution is 6.01. The molecule has 1 heterocycles. The molecule has 1 saturated heterocycles. The van der Waals surface area contributed by atoms with Gasteiger partial charge in [-0.05, 0) is 61.4 Å². The van der Waals surface area contributed by atoms with E-state index in [1.165, 1.54) is 0 Å². The third kappa shape index (κ3) is 4.54. The fourth-order valence-electron chi connectivity index (χ4n) is 4.67. The zero-order chi connectivity index (χ0) is 22.7. The number of carbonyl (C=O) groups is 3. The molecule has 1 aliphatic heterocycles. The number of nitrogens with one attached hydrogen (secondary N) is 1. The van der Waals surface area contributed by atoms with Gasteiger partial charge >= 0.3 is 6.03 Å². The lowest BCUT2D eigenvalue weighted by molar-refractivity contribution is 0.0762. The van der Waals surface area contributed by atoms with Crippen LogP contribution < -0.4 is 5.32 Å². The predicted octanol–water partition coefficient (Wildman–Crippen LogP) is 4.46. The number of rotatable bonds is 3. The van der Waals surface area contributed by atoms with Crippen LogP contribution >= 0.6 is 0 Å². The lowest BCUT2D eigenvalue weighted by Crippen LogP contribution is -2.39. The maximum Gasteiger partial charge on any atom is 0.321 e. The van der Waals surface area contributed by atoms with Crippen molar-refractivity contribution in [1.29, 1.82) is 0 Å². The SMILES string of the molecule is CCc1cccc(C)c1NC(=O)N1CCCN(C(=O)c2ccc3c(c2)CCCC3=O)CC1. The maximum absolute atomic E-state index is 13.1. The minimum absolute atomic E-state index is 0.0275. The number of fused-ring (bicyclic) bond motifs is 1. The van der Waals surface area contributed by atoms with Gasteiger partial charge in [-0.1, -0.05) is 31.2 Å². The molecule has 6 heteroatoms. The van der Waals surface area contributed by atoms with Crippen LogP contribution in [0.1, 0.15) is 63.6 Å². The van der Waals surface area contributed by atoms with E-state index < -0.39 is 0 Å². The first-order valence-electron chi connectivity index (χ1n) is 11.6. The van der Waals surface area contributed by atoms with Crippen LogP contribution in [0.5, 0.6) is 0 Å². The Kier molecular flexibility index (Phi) is 6.58. The van der Waals surface area contributed by atoms with Gasteiger partial charge in [-0.3, -0.25) is 9.59 Å². The van der Waals surface area contributed by atoms with Crippen molar-refractivity contribution in [2.45, 2.75) is 46.0 Å². The number of aryl methyl sites for hydroxylation is 3. The second-order valence-electron chi connectivity index (χ2n) is 8.67. The normalized spacial score (nSPS) is 16.4. The first kappa shape index (κ1) is 22.1. The molecule has 3 amide bonds. The van der Waals surface area contributed by atoms with E-state index in [0.717, 1.165) is 53.6 Å². The molecule has 6 nitrogen and oxygen atoms in total. The highest BCUT2D eigenvalue weighted by Gasteiger charge is 2.25. The summed E-state index contributed by atoms with van der Waals surface area (Å²) in [5.74, 6) is 0.141. The van der Waals surface area contributed by atoms with E-state index >= 15 is 0 Å². The Labute approximate surface area is 189 Å². The highest BCUT2D eigenvalue weighted by atomic mass is 16.2. The average Bonchev–Trinajstić information content (AvgIpc) is 3.06. The van der Waals surface area contributed by atoms with E-state index in [2.05, 4.69) is 12.2 Å². The van der Waals surface area contributed by atoms with Crippen LogP contribution in [0.15, 0.2) is 36.4 Å². The second-order valence-corrected chi connectivity index (χ2v) is 8.67. The molecular formula is C26H31N3O3. The standard InChI is InChI=1S/C26H31N3O3/c1-3-19-8-4-7-18(2)24(19)27-26(32)29-14-6-13-28(15-16-29)25(31)21-11-12-22-20(17-21)9-5-10-23(22)30/h4,7-8,11-12,17H,3,5-6,9-10,13-16H2,1-2H3,(H,27,32). The van der Waals surface area contributed by atoms with E-state index in [4.69, 9.17) is 0 Å². The Morgan fingerprint density at radius 2 is 1.75 bits per heavy atom. The zero-order valence-corrected chi connectivity index (χ0v) is 18.9. The van der Waals surface area contributed by atoms with Crippen molar-refractivity contribution < 1.29 is 14.4 Å². The molecule has 0 bridgehead atoms. The van der Waals surface area contributed by atoms with Crippen molar-refractivity contribution in [3.8, 4) is 0 Å². The summed E-state index contributed by atoms with van der Waals surface area (Å²) in [4.78, 5) is 41.8. The van der Waals surface area contributed by atoms with Gasteiger partial charge < -0.3 is 15.1 Å². The van der Waals surface area contributed by atoms with Gasteiger partial charge in [0.2, 0.25) is 0 Å². The average molecular weight is 434 g/mol. The molecule has 1 aliphatic carbocycles. The van der Waals surface area contributed by atoms with Gasteiger partial charge in [-0.25, -0.2) is 4.79 Å². The summed E-state index contributed by atoms with van der Waals surface area (Å²) in [5, 5.41) is 3.09. The fraction of sp³-hybridized carbons (Fsp3) is 0.423. The molecule has 0 spiro atoms. The number of hydrogen-bond donors (Lipinski definition) is 1.